The van der Waals surface area contributed by atoms with E-state index in [2.05, 4.69) is 14.5 Å². The van der Waals surface area contributed by atoms with E-state index in [1.54, 1.807) is 10.9 Å². The minimum Gasteiger partial charge on any atom is -0.276 e. The van der Waals surface area contributed by atoms with Crippen LogP contribution in [0.15, 0.2) is 46.5 Å². The van der Waals surface area contributed by atoms with Crippen LogP contribution in [0.3, 0.4) is 0 Å². The lowest BCUT2D eigenvalue weighted by atomic mass is 10.4. The predicted octanol–water partition coefficient (Wildman–Crippen LogP) is 1.14. The second-order valence-corrected chi connectivity index (χ2v) is 8.96. The van der Waals surface area contributed by atoms with Crippen LogP contribution >= 0.6 is 0 Å². The molecule has 2 aromatic rings. The van der Waals surface area contributed by atoms with Gasteiger partial charge in [0.1, 0.15) is 0 Å². The molecule has 0 unspecified atom stereocenters. The highest BCUT2D eigenvalue weighted by Crippen LogP contribution is 2.24. The third kappa shape index (κ3) is 3.77. The Bertz CT molecular complexity index is 947. The van der Waals surface area contributed by atoms with E-state index in [1.165, 1.54) is 24.4 Å². The van der Waals surface area contributed by atoms with Crippen molar-refractivity contribution >= 4 is 25.7 Å². The smallest absolute Gasteiger partial charge is 0.262 e. The van der Waals surface area contributed by atoms with E-state index in [9.17, 15) is 16.8 Å². The molecular formula is C14H18N4O4S2. The molecule has 1 fully saturated rings. The highest BCUT2D eigenvalue weighted by Gasteiger charge is 2.28. The molecule has 3 rings (SSSR count). The van der Waals surface area contributed by atoms with Gasteiger partial charge in [-0.3, -0.25) is 9.40 Å². The Balaban J connectivity index is 1.86. The maximum atomic E-state index is 12.4. The van der Waals surface area contributed by atoms with Gasteiger partial charge in [0.2, 0.25) is 10.0 Å². The summed E-state index contributed by atoms with van der Waals surface area (Å²) in [6.07, 6.45) is 4.57. The number of nitrogens with one attached hydrogen (secondary N) is 2. The van der Waals surface area contributed by atoms with Crippen molar-refractivity contribution in [3.8, 4) is 0 Å². The first-order valence-corrected chi connectivity index (χ1v) is 10.4. The van der Waals surface area contributed by atoms with E-state index in [1.807, 2.05) is 6.92 Å². The Labute approximate surface area is 141 Å². The first kappa shape index (κ1) is 16.9. The van der Waals surface area contributed by atoms with Crippen LogP contribution in [0.5, 0.6) is 0 Å². The quantitative estimate of drug-likeness (QED) is 0.759. The molecule has 0 aliphatic heterocycles. The van der Waals surface area contributed by atoms with Gasteiger partial charge in [0.05, 0.1) is 21.7 Å². The number of rotatable bonds is 7. The number of hydrogen-bond acceptors (Lipinski definition) is 5. The van der Waals surface area contributed by atoms with Gasteiger partial charge in [0.15, 0.2) is 0 Å². The van der Waals surface area contributed by atoms with Gasteiger partial charge in [0, 0.05) is 18.8 Å². The summed E-state index contributed by atoms with van der Waals surface area (Å²) in [5.41, 5.74) is 0.321. The van der Waals surface area contributed by atoms with Crippen molar-refractivity contribution in [2.24, 2.45) is 0 Å². The standard InChI is InChI=1S/C14H18N4O4S2/c1-2-18-10-12(9-15-18)17-24(21,22)14-5-3-4-13(8-14)23(19,20)16-11-6-7-11/h3-5,8-11,16-17H,2,6-7H2,1H3. The molecule has 1 saturated carbocycles. The molecule has 1 aromatic heterocycles. The summed E-state index contributed by atoms with van der Waals surface area (Å²) >= 11 is 0. The summed E-state index contributed by atoms with van der Waals surface area (Å²) in [5, 5.41) is 3.99. The third-order valence-corrected chi connectivity index (χ3v) is 6.43. The van der Waals surface area contributed by atoms with Crippen molar-refractivity contribution in [3.63, 3.8) is 0 Å². The number of anilines is 1. The zero-order valence-electron chi connectivity index (χ0n) is 13.0. The van der Waals surface area contributed by atoms with Gasteiger partial charge in [-0.05, 0) is 38.0 Å². The first-order chi connectivity index (χ1) is 11.3. The zero-order chi connectivity index (χ0) is 17.4. The molecule has 0 saturated heterocycles. The second kappa shape index (κ2) is 6.19. The summed E-state index contributed by atoms with van der Waals surface area (Å²) in [6.45, 7) is 2.49. The fourth-order valence-corrected chi connectivity index (χ4v) is 4.60. The molecule has 2 N–H and O–H groups in total. The molecule has 0 radical (unpaired) electrons. The van der Waals surface area contributed by atoms with Crippen LogP contribution in [0, 0.1) is 0 Å². The third-order valence-electron chi connectivity index (χ3n) is 3.53. The van der Waals surface area contributed by atoms with Gasteiger partial charge in [-0.15, -0.1) is 0 Å². The average Bonchev–Trinajstić information content (AvgIpc) is 3.22. The van der Waals surface area contributed by atoms with Crippen LogP contribution in [-0.2, 0) is 26.6 Å². The predicted molar refractivity (Wildman–Crippen MR) is 88.5 cm³/mol. The van der Waals surface area contributed by atoms with Crippen LogP contribution in [-0.4, -0.2) is 32.7 Å². The van der Waals surface area contributed by atoms with E-state index in [0.29, 0.717) is 12.2 Å². The van der Waals surface area contributed by atoms with Crippen LogP contribution in [0.25, 0.3) is 0 Å². The summed E-state index contributed by atoms with van der Waals surface area (Å²) in [7, 11) is -7.61. The Morgan fingerprint density at radius 1 is 1.17 bits per heavy atom. The van der Waals surface area contributed by atoms with Crippen molar-refractivity contribution in [1.82, 2.24) is 14.5 Å². The molecule has 10 heteroatoms. The number of aryl methyl sites for hydroxylation is 1. The van der Waals surface area contributed by atoms with Crippen LogP contribution in [0.2, 0.25) is 0 Å². The van der Waals surface area contributed by atoms with Gasteiger partial charge < -0.3 is 0 Å². The fraction of sp³-hybridized carbons (Fsp3) is 0.357. The maximum absolute atomic E-state index is 12.4. The fourth-order valence-electron chi connectivity index (χ4n) is 2.10. The van der Waals surface area contributed by atoms with Crippen molar-refractivity contribution in [3.05, 3.63) is 36.7 Å². The van der Waals surface area contributed by atoms with Gasteiger partial charge in [-0.2, -0.15) is 5.10 Å². The van der Waals surface area contributed by atoms with Crippen LogP contribution < -0.4 is 9.44 Å². The van der Waals surface area contributed by atoms with Crippen molar-refractivity contribution in [1.29, 1.82) is 0 Å². The van der Waals surface area contributed by atoms with Crippen molar-refractivity contribution < 1.29 is 16.8 Å². The summed E-state index contributed by atoms with van der Waals surface area (Å²) < 4.78 is 55.9. The van der Waals surface area contributed by atoms with Gasteiger partial charge >= 0.3 is 0 Å². The number of aromatic nitrogens is 2. The second-order valence-electron chi connectivity index (χ2n) is 5.56. The van der Waals surface area contributed by atoms with Crippen molar-refractivity contribution in [2.75, 3.05) is 4.72 Å². The Morgan fingerprint density at radius 2 is 1.83 bits per heavy atom. The highest BCUT2D eigenvalue weighted by atomic mass is 32.2. The molecule has 1 aromatic carbocycles. The van der Waals surface area contributed by atoms with E-state index < -0.39 is 20.0 Å². The molecule has 130 valence electrons. The molecular weight excluding hydrogens is 352 g/mol. The summed E-state index contributed by atoms with van der Waals surface area (Å²) in [5.74, 6) is 0. The van der Waals surface area contributed by atoms with E-state index >= 15 is 0 Å². The van der Waals surface area contributed by atoms with E-state index in [-0.39, 0.29) is 15.8 Å². The lowest BCUT2D eigenvalue weighted by Crippen LogP contribution is -2.26. The zero-order valence-corrected chi connectivity index (χ0v) is 14.6. The monoisotopic (exact) mass is 370 g/mol. The minimum atomic E-state index is -3.90. The number of hydrogen-bond donors (Lipinski definition) is 2. The molecule has 0 bridgehead atoms. The lowest BCUT2D eigenvalue weighted by molar-refractivity contribution is 0.580. The largest absolute Gasteiger partial charge is 0.276 e. The lowest BCUT2D eigenvalue weighted by Gasteiger charge is -2.09. The van der Waals surface area contributed by atoms with Gasteiger partial charge in [0.25, 0.3) is 10.0 Å². The molecule has 24 heavy (non-hydrogen) atoms. The molecule has 8 nitrogen and oxygen atoms in total. The summed E-state index contributed by atoms with van der Waals surface area (Å²) in [6, 6.07) is 5.23. The number of sulfonamides is 2. The van der Waals surface area contributed by atoms with Gasteiger partial charge in [-0.1, -0.05) is 6.07 Å². The number of nitrogens with zero attached hydrogens (tertiary/aromatic N) is 2. The maximum Gasteiger partial charge on any atom is 0.262 e. The molecule has 0 atom stereocenters. The van der Waals surface area contributed by atoms with Crippen LogP contribution in [0.4, 0.5) is 5.69 Å². The Morgan fingerprint density at radius 3 is 2.42 bits per heavy atom. The Kier molecular flexibility index (Phi) is 4.37. The first-order valence-electron chi connectivity index (χ1n) is 7.48. The summed E-state index contributed by atoms with van der Waals surface area (Å²) in [4.78, 5) is -0.188. The SMILES string of the molecule is CCn1cc(NS(=O)(=O)c2cccc(S(=O)(=O)NC3CC3)c2)cn1. The van der Waals surface area contributed by atoms with Crippen molar-refractivity contribution in [2.45, 2.75) is 42.1 Å². The normalized spacial score (nSPS) is 15.4. The van der Waals surface area contributed by atoms with E-state index in [4.69, 9.17) is 0 Å². The molecule has 1 aliphatic rings. The van der Waals surface area contributed by atoms with E-state index in [0.717, 1.165) is 18.9 Å². The molecule has 0 amide bonds. The number of benzene rings is 1. The minimum absolute atomic E-state index is 0.0479. The molecule has 1 aliphatic carbocycles. The average molecular weight is 370 g/mol. The molecule has 0 spiro atoms. The highest BCUT2D eigenvalue weighted by molar-refractivity contribution is 7.93. The molecule has 1 heterocycles. The Hall–Kier alpha value is -1.91. The van der Waals surface area contributed by atoms with Crippen LogP contribution in [0.1, 0.15) is 19.8 Å². The van der Waals surface area contributed by atoms with Gasteiger partial charge in [-0.25, -0.2) is 21.6 Å². The topological polar surface area (TPSA) is 110 Å².